The van der Waals surface area contributed by atoms with Crippen molar-refractivity contribution >= 4 is 17.0 Å². The van der Waals surface area contributed by atoms with Gasteiger partial charge in [0.1, 0.15) is 0 Å². The average molecular weight is 187 g/mol. The molecule has 0 saturated heterocycles. The largest absolute Gasteiger partial charge is 0.469 e. The highest BCUT2D eigenvalue weighted by molar-refractivity contribution is 6.60. The molecule has 0 atom stereocenters. The summed E-state index contributed by atoms with van der Waals surface area (Å²) >= 11 is 4.19. The Morgan fingerprint density at radius 2 is 1.55 bits per heavy atom. The molecule has 0 radical (unpaired) electrons. The van der Waals surface area contributed by atoms with Gasteiger partial charge in [-0.1, -0.05) is 0 Å². The third kappa shape index (κ3) is 42.5. The SMILES string of the molecule is O=C(O)Cl.OCCOCCO. The predicted molar refractivity (Wildman–Crippen MR) is 38.9 cm³/mol. The molecule has 5 nitrogen and oxygen atoms in total. The maximum Gasteiger partial charge on any atom is 0.401 e. The van der Waals surface area contributed by atoms with Crippen molar-refractivity contribution < 1.29 is 24.9 Å². The first-order valence-electron chi connectivity index (χ1n) is 2.83. The number of carboxylic acid groups (broad SMARTS) is 1. The number of hydrogen-bond acceptors (Lipinski definition) is 4. The number of aliphatic hydroxyl groups is 2. The van der Waals surface area contributed by atoms with E-state index in [1.165, 1.54) is 0 Å². The van der Waals surface area contributed by atoms with Crippen molar-refractivity contribution in [2.75, 3.05) is 26.4 Å². The molecule has 0 aliphatic carbocycles. The fourth-order valence-electron chi connectivity index (χ4n) is 0.231. The van der Waals surface area contributed by atoms with Crippen molar-refractivity contribution in [1.82, 2.24) is 0 Å². The molecule has 0 fully saturated rings. The van der Waals surface area contributed by atoms with Crippen LogP contribution in [0.25, 0.3) is 0 Å². The molecule has 0 aliphatic heterocycles. The number of halogens is 1. The van der Waals surface area contributed by atoms with E-state index in [0.29, 0.717) is 13.2 Å². The highest BCUT2D eigenvalue weighted by atomic mass is 35.5. The Labute approximate surface area is 69.2 Å². The molecule has 0 heterocycles. The fraction of sp³-hybridized carbons (Fsp3) is 0.800. The van der Waals surface area contributed by atoms with Crippen molar-refractivity contribution in [3.8, 4) is 0 Å². The van der Waals surface area contributed by atoms with E-state index in [1.807, 2.05) is 0 Å². The molecule has 0 aromatic heterocycles. The fourth-order valence-corrected chi connectivity index (χ4v) is 0.231. The minimum atomic E-state index is -1.36. The minimum absolute atomic E-state index is 0.0278. The van der Waals surface area contributed by atoms with E-state index in [0.717, 1.165) is 0 Å². The number of rotatable bonds is 4. The molecule has 0 amide bonds. The maximum absolute atomic E-state index is 8.77. The van der Waals surface area contributed by atoms with E-state index in [9.17, 15) is 0 Å². The Bertz CT molecular complexity index is 78.9. The Morgan fingerprint density at radius 3 is 1.73 bits per heavy atom. The van der Waals surface area contributed by atoms with Crippen LogP contribution in [0.4, 0.5) is 4.79 Å². The Kier molecular flexibility index (Phi) is 14.8. The number of hydrogen-bond donors (Lipinski definition) is 3. The first kappa shape index (κ1) is 13.2. The lowest BCUT2D eigenvalue weighted by molar-refractivity contribution is 0.0650. The van der Waals surface area contributed by atoms with E-state index < -0.39 is 5.43 Å². The lowest BCUT2D eigenvalue weighted by Gasteiger charge is -1.94. The summed E-state index contributed by atoms with van der Waals surface area (Å²) in [5.74, 6) is 0. The molecule has 0 rings (SSSR count). The summed E-state index contributed by atoms with van der Waals surface area (Å²) < 4.78 is 4.63. The second-order valence-corrected chi connectivity index (χ2v) is 1.64. The van der Waals surface area contributed by atoms with E-state index in [-0.39, 0.29) is 13.2 Å². The van der Waals surface area contributed by atoms with Crippen LogP contribution in [0, 0.1) is 0 Å². The molecule has 11 heavy (non-hydrogen) atoms. The molecule has 0 bridgehead atoms. The van der Waals surface area contributed by atoms with Gasteiger partial charge in [0.2, 0.25) is 0 Å². The molecular weight excluding hydrogens is 176 g/mol. The zero-order valence-corrected chi connectivity index (χ0v) is 6.62. The van der Waals surface area contributed by atoms with Crippen molar-refractivity contribution in [2.24, 2.45) is 0 Å². The maximum atomic E-state index is 8.77. The Balaban J connectivity index is 0. The second kappa shape index (κ2) is 12.3. The Morgan fingerprint density at radius 1 is 1.27 bits per heavy atom. The van der Waals surface area contributed by atoms with Gasteiger partial charge in [0, 0.05) is 11.6 Å². The van der Waals surface area contributed by atoms with Gasteiger partial charge in [-0.3, -0.25) is 0 Å². The topological polar surface area (TPSA) is 87.0 Å². The first-order chi connectivity index (χ1) is 5.15. The van der Waals surface area contributed by atoms with Crippen LogP contribution >= 0.6 is 11.6 Å². The minimum Gasteiger partial charge on any atom is -0.469 e. The molecule has 0 aromatic rings. The first-order valence-corrected chi connectivity index (χ1v) is 3.20. The van der Waals surface area contributed by atoms with Gasteiger partial charge in [-0.05, 0) is 0 Å². The van der Waals surface area contributed by atoms with Gasteiger partial charge in [-0.15, -0.1) is 0 Å². The summed E-state index contributed by atoms with van der Waals surface area (Å²) in [7, 11) is 0. The molecular formula is C5H11ClO5. The monoisotopic (exact) mass is 186 g/mol. The highest BCUT2D eigenvalue weighted by Gasteiger charge is 1.79. The third-order valence-corrected chi connectivity index (χ3v) is 0.471. The molecule has 6 heteroatoms. The second-order valence-electron chi connectivity index (χ2n) is 1.31. The van der Waals surface area contributed by atoms with Crippen LogP contribution < -0.4 is 0 Å². The summed E-state index contributed by atoms with van der Waals surface area (Å²) in [5, 5.41) is 23.4. The van der Waals surface area contributed by atoms with Gasteiger partial charge >= 0.3 is 5.43 Å². The Hall–Kier alpha value is -0.360. The van der Waals surface area contributed by atoms with Gasteiger partial charge < -0.3 is 20.1 Å². The third-order valence-electron chi connectivity index (χ3n) is 0.471. The van der Waals surface area contributed by atoms with Crippen LogP contribution in [0.3, 0.4) is 0 Å². The van der Waals surface area contributed by atoms with Crippen molar-refractivity contribution in [3.63, 3.8) is 0 Å². The molecule has 0 saturated carbocycles. The van der Waals surface area contributed by atoms with E-state index in [4.69, 9.17) is 20.1 Å². The summed E-state index contributed by atoms with van der Waals surface area (Å²) in [5.41, 5.74) is -1.36. The number of aliphatic hydroxyl groups excluding tert-OH is 2. The average Bonchev–Trinajstić information content (AvgIpc) is 1.88. The van der Waals surface area contributed by atoms with E-state index in [2.05, 4.69) is 16.3 Å². The zero-order valence-electron chi connectivity index (χ0n) is 5.86. The molecule has 0 spiro atoms. The lowest BCUT2D eigenvalue weighted by atomic mass is 10.7. The summed E-state index contributed by atoms with van der Waals surface area (Å²) in [6, 6.07) is 0. The molecule has 68 valence electrons. The van der Waals surface area contributed by atoms with Gasteiger partial charge in [0.15, 0.2) is 0 Å². The lowest BCUT2D eigenvalue weighted by Crippen LogP contribution is -2.03. The molecule has 0 aromatic carbocycles. The summed E-state index contributed by atoms with van der Waals surface area (Å²) in [6.45, 7) is 0.696. The number of ether oxygens (including phenoxy) is 1. The zero-order chi connectivity index (χ0) is 9.11. The van der Waals surface area contributed by atoms with Gasteiger partial charge in [0.05, 0.1) is 26.4 Å². The van der Waals surface area contributed by atoms with Crippen LogP contribution in [0.1, 0.15) is 0 Å². The molecule has 0 aliphatic rings. The number of carbonyl (C=O) groups is 1. The standard InChI is InChI=1S/C4H10O3.CHClO2/c5-1-3-7-4-2-6;2-1(3)4/h5-6H,1-4H2;(H,3,4). The quantitative estimate of drug-likeness (QED) is 0.421. The smallest absolute Gasteiger partial charge is 0.401 e. The van der Waals surface area contributed by atoms with Gasteiger partial charge in [0.25, 0.3) is 0 Å². The van der Waals surface area contributed by atoms with Gasteiger partial charge in [-0.2, -0.15) is 0 Å². The molecule has 0 unspecified atom stereocenters. The van der Waals surface area contributed by atoms with Crippen molar-refractivity contribution in [2.45, 2.75) is 0 Å². The van der Waals surface area contributed by atoms with Crippen LogP contribution in [0.5, 0.6) is 0 Å². The van der Waals surface area contributed by atoms with Crippen LogP contribution in [0.15, 0.2) is 0 Å². The summed E-state index contributed by atoms with van der Waals surface area (Å²) in [6.07, 6.45) is 0. The van der Waals surface area contributed by atoms with Gasteiger partial charge in [-0.25, -0.2) is 4.79 Å². The molecule has 3 N–H and O–H groups in total. The summed E-state index contributed by atoms with van der Waals surface area (Å²) in [4.78, 5) is 8.77. The van der Waals surface area contributed by atoms with E-state index in [1.54, 1.807) is 0 Å². The normalized spacial score (nSPS) is 8.27. The highest BCUT2D eigenvalue weighted by Crippen LogP contribution is 1.68. The van der Waals surface area contributed by atoms with Crippen molar-refractivity contribution in [1.29, 1.82) is 0 Å². The predicted octanol–water partition coefficient (Wildman–Crippen LogP) is -0.109. The van der Waals surface area contributed by atoms with Crippen molar-refractivity contribution in [3.05, 3.63) is 0 Å². The van der Waals surface area contributed by atoms with Crippen LogP contribution in [-0.4, -0.2) is 47.2 Å². The van der Waals surface area contributed by atoms with Crippen LogP contribution in [0.2, 0.25) is 0 Å². The van der Waals surface area contributed by atoms with Crippen LogP contribution in [-0.2, 0) is 4.74 Å². The van der Waals surface area contributed by atoms with E-state index >= 15 is 0 Å².